The van der Waals surface area contributed by atoms with Crippen LogP contribution < -0.4 is 20.1 Å². The third-order valence-electron chi connectivity index (χ3n) is 2.98. The van der Waals surface area contributed by atoms with E-state index < -0.39 is 6.04 Å². The average molecular weight is 264 g/mol. The highest BCUT2D eigenvalue weighted by Crippen LogP contribution is 2.29. The summed E-state index contributed by atoms with van der Waals surface area (Å²) in [6.07, 6.45) is 0.904. The van der Waals surface area contributed by atoms with E-state index in [0.29, 0.717) is 30.0 Å². The maximum absolute atomic E-state index is 12.0. The lowest BCUT2D eigenvalue weighted by Crippen LogP contribution is -2.37. The number of carbonyl (C=O) groups excluding carboxylic acids is 2. The molecule has 2 N–H and O–H groups in total. The summed E-state index contributed by atoms with van der Waals surface area (Å²) in [7, 11) is 3.07. The molecular weight excluding hydrogens is 248 g/mol. The molecule has 1 aromatic rings. The van der Waals surface area contributed by atoms with Crippen LogP contribution in [0.2, 0.25) is 0 Å². The lowest BCUT2D eigenvalue weighted by molar-refractivity contribution is -0.122. The highest BCUT2D eigenvalue weighted by molar-refractivity contribution is 5.99. The number of amides is 2. The largest absolute Gasteiger partial charge is 0.497 e. The first-order valence-corrected chi connectivity index (χ1v) is 5.96. The van der Waals surface area contributed by atoms with Crippen LogP contribution in [0.4, 0.5) is 5.69 Å². The molecule has 6 nitrogen and oxygen atoms in total. The van der Waals surface area contributed by atoms with Gasteiger partial charge in [-0.2, -0.15) is 0 Å². The van der Waals surface area contributed by atoms with Crippen LogP contribution in [0.5, 0.6) is 11.5 Å². The van der Waals surface area contributed by atoms with E-state index in [1.54, 1.807) is 25.3 Å². The highest BCUT2D eigenvalue weighted by Gasteiger charge is 2.27. The Kier molecular flexibility index (Phi) is 3.89. The Morgan fingerprint density at radius 1 is 1.37 bits per heavy atom. The Morgan fingerprint density at radius 2 is 2.16 bits per heavy atom. The minimum absolute atomic E-state index is 0.0955. The van der Waals surface area contributed by atoms with Gasteiger partial charge in [0.25, 0.3) is 0 Å². The molecule has 0 unspecified atom stereocenters. The van der Waals surface area contributed by atoms with E-state index in [-0.39, 0.29) is 11.8 Å². The predicted octanol–water partition coefficient (Wildman–Crippen LogP) is 0.921. The summed E-state index contributed by atoms with van der Waals surface area (Å²) in [6.45, 7) is 0. The number of anilines is 1. The first kappa shape index (κ1) is 13.2. The second-order valence-corrected chi connectivity index (χ2v) is 4.21. The van der Waals surface area contributed by atoms with Gasteiger partial charge in [-0.05, 0) is 18.6 Å². The fourth-order valence-electron chi connectivity index (χ4n) is 1.93. The molecule has 1 atom stereocenters. The van der Waals surface area contributed by atoms with Gasteiger partial charge in [-0.3, -0.25) is 9.59 Å². The molecule has 2 amide bonds. The highest BCUT2D eigenvalue weighted by atomic mass is 16.5. The zero-order valence-corrected chi connectivity index (χ0v) is 10.9. The van der Waals surface area contributed by atoms with Crippen molar-refractivity contribution in [2.45, 2.75) is 18.9 Å². The molecule has 1 aliphatic rings. The molecular formula is C13H16N2O4. The third kappa shape index (κ3) is 2.96. The maximum Gasteiger partial charge on any atom is 0.247 e. The minimum Gasteiger partial charge on any atom is -0.497 e. The molecule has 1 fully saturated rings. The topological polar surface area (TPSA) is 76.7 Å². The Balaban J connectivity index is 2.10. The van der Waals surface area contributed by atoms with Crippen LogP contribution in [0.15, 0.2) is 18.2 Å². The van der Waals surface area contributed by atoms with Crippen LogP contribution in [0.25, 0.3) is 0 Å². The van der Waals surface area contributed by atoms with E-state index in [2.05, 4.69) is 10.6 Å². The van der Waals surface area contributed by atoms with Gasteiger partial charge in [0.1, 0.15) is 17.5 Å². The number of rotatable bonds is 4. The maximum atomic E-state index is 12.0. The van der Waals surface area contributed by atoms with Gasteiger partial charge in [0.2, 0.25) is 11.8 Å². The standard InChI is InChI=1S/C13H16N2O4/c1-18-8-3-4-9(11(7-8)19-2)15-13(17)10-5-6-12(16)14-10/h3-4,7,10H,5-6H2,1-2H3,(H,14,16)(H,15,17)/t10-/m0/s1. The number of carbonyl (C=O) groups is 2. The fourth-order valence-corrected chi connectivity index (χ4v) is 1.93. The Hall–Kier alpha value is -2.24. The van der Waals surface area contributed by atoms with Gasteiger partial charge in [-0.15, -0.1) is 0 Å². The lowest BCUT2D eigenvalue weighted by atomic mass is 10.2. The van der Waals surface area contributed by atoms with Gasteiger partial charge >= 0.3 is 0 Å². The van der Waals surface area contributed by atoms with E-state index in [0.717, 1.165) is 0 Å². The molecule has 0 saturated carbocycles. The quantitative estimate of drug-likeness (QED) is 0.848. The molecule has 0 aliphatic carbocycles. The molecule has 0 radical (unpaired) electrons. The van der Waals surface area contributed by atoms with Crippen molar-refractivity contribution in [1.29, 1.82) is 0 Å². The number of benzene rings is 1. The molecule has 2 rings (SSSR count). The third-order valence-corrected chi connectivity index (χ3v) is 2.98. The van der Waals surface area contributed by atoms with Gasteiger partial charge in [0, 0.05) is 12.5 Å². The average Bonchev–Trinajstić information content (AvgIpc) is 2.86. The van der Waals surface area contributed by atoms with Crippen LogP contribution in [0.3, 0.4) is 0 Å². The minimum atomic E-state index is -0.473. The smallest absolute Gasteiger partial charge is 0.247 e. The van der Waals surface area contributed by atoms with Gasteiger partial charge in [-0.1, -0.05) is 0 Å². The van der Waals surface area contributed by atoms with E-state index in [4.69, 9.17) is 9.47 Å². The molecule has 6 heteroatoms. The van der Waals surface area contributed by atoms with Crippen molar-refractivity contribution in [3.63, 3.8) is 0 Å². The lowest BCUT2D eigenvalue weighted by Gasteiger charge is -2.14. The first-order chi connectivity index (χ1) is 9.13. The Morgan fingerprint density at radius 3 is 2.74 bits per heavy atom. The summed E-state index contributed by atoms with van der Waals surface area (Å²) in [6, 6.07) is 4.64. The molecule has 19 heavy (non-hydrogen) atoms. The van der Waals surface area contributed by atoms with Crippen molar-refractivity contribution in [1.82, 2.24) is 5.32 Å². The van der Waals surface area contributed by atoms with Crippen molar-refractivity contribution in [2.75, 3.05) is 19.5 Å². The predicted molar refractivity (Wildman–Crippen MR) is 69.3 cm³/mol. The second-order valence-electron chi connectivity index (χ2n) is 4.21. The van der Waals surface area contributed by atoms with Crippen molar-refractivity contribution >= 4 is 17.5 Å². The normalized spacial score (nSPS) is 17.8. The van der Waals surface area contributed by atoms with E-state index in [1.165, 1.54) is 7.11 Å². The van der Waals surface area contributed by atoms with Crippen LogP contribution in [-0.4, -0.2) is 32.1 Å². The Labute approximate surface area is 111 Å². The zero-order chi connectivity index (χ0) is 13.8. The second kappa shape index (κ2) is 5.60. The number of ether oxygens (including phenoxy) is 2. The van der Waals surface area contributed by atoms with Crippen molar-refractivity contribution in [3.8, 4) is 11.5 Å². The van der Waals surface area contributed by atoms with Crippen LogP contribution in [0.1, 0.15) is 12.8 Å². The van der Waals surface area contributed by atoms with Gasteiger partial charge in [-0.25, -0.2) is 0 Å². The van der Waals surface area contributed by atoms with E-state index in [9.17, 15) is 9.59 Å². The molecule has 1 heterocycles. The molecule has 0 aromatic heterocycles. The van der Waals surface area contributed by atoms with Gasteiger partial charge < -0.3 is 20.1 Å². The van der Waals surface area contributed by atoms with Crippen LogP contribution >= 0.6 is 0 Å². The molecule has 1 aliphatic heterocycles. The van der Waals surface area contributed by atoms with Crippen molar-refractivity contribution < 1.29 is 19.1 Å². The molecule has 102 valence electrons. The van der Waals surface area contributed by atoms with E-state index in [1.807, 2.05) is 0 Å². The van der Waals surface area contributed by atoms with Crippen molar-refractivity contribution in [2.24, 2.45) is 0 Å². The summed E-state index contributed by atoms with van der Waals surface area (Å²) in [4.78, 5) is 23.1. The molecule has 1 aromatic carbocycles. The molecule has 1 saturated heterocycles. The van der Waals surface area contributed by atoms with E-state index >= 15 is 0 Å². The number of hydrogen-bond acceptors (Lipinski definition) is 4. The van der Waals surface area contributed by atoms with Gasteiger partial charge in [0.05, 0.1) is 19.9 Å². The summed E-state index contributed by atoms with van der Waals surface area (Å²) in [5.74, 6) is 0.817. The SMILES string of the molecule is COc1ccc(NC(=O)[C@@H]2CCC(=O)N2)c(OC)c1. The summed E-state index contributed by atoms with van der Waals surface area (Å²) < 4.78 is 10.3. The van der Waals surface area contributed by atoms with Gasteiger partial charge in [0.15, 0.2) is 0 Å². The fraction of sp³-hybridized carbons (Fsp3) is 0.385. The number of methoxy groups -OCH3 is 2. The van der Waals surface area contributed by atoms with Crippen molar-refractivity contribution in [3.05, 3.63) is 18.2 Å². The van der Waals surface area contributed by atoms with Crippen LogP contribution in [-0.2, 0) is 9.59 Å². The number of hydrogen-bond donors (Lipinski definition) is 2. The summed E-state index contributed by atoms with van der Waals surface area (Å²) in [5.41, 5.74) is 0.550. The summed E-state index contributed by atoms with van der Waals surface area (Å²) in [5, 5.41) is 5.36. The van der Waals surface area contributed by atoms with Crippen LogP contribution in [0, 0.1) is 0 Å². The monoisotopic (exact) mass is 264 g/mol. The first-order valence-electron chi connectivity index (χ1n) is 5.96. The Bertz CT molecular complexity index is 501. The molecule has 0 bridgehead atoms. The number of nitrogens with one attached hydrogen (secondary N) is 2. The summed E-state index contributed by atoms with van der Waals surface area (Å²) >= 11 is 0. The molecule has 0 spiro atoms. The zero-order valence-electron chi connectivity index (χ0n) is 10.9.